The highest BCUT2D eigenvalue weighted by Crippen LogP contribution is 2.32. The molecule has 1 aromatic carbocycles. The zero-order chi connectivity index (χ0) is 13.9. The lowest BCUT2D eigenvalue weighted by atomic mass is 10.00. The van der Waals surface area contributed by atoms with Crippen molar-refractivity contribution in [2.24, 2.45) is 0 Å². The fourth-order valence-corrected chi connectivity index (χ4v) is 3.02. The van der Waals surface area contributed by atoms with E-state index in [1.807, 2.05) is 19.2 Å². The number of rotatable bonds is 5. The van der Waals surface area contributed by atoms with Crippen LogP contribution in [-0.4, -0.2) is 37.7 Å². The smallest absolute Gasteiger partial charge is 0.123 e. The fraction of sp³-hybridized carbons (Fsp3) is 0.625. The van der Waals surface area contributed by atoms with E-state index in [2.05, 4.69) is 36.2 Å². The van der Waals surface area contributed by atoms with Crippen molar-refractivity contribution >= 4 is 0 Å². The molecule has 1 aliphatic heterocycles. The summed E-state index contributed by atoms with van der Waals surface area (Å²) in [4.78, 5) is 2.58. The number of likely N-dealkylation sites (N-methyl/N-ethyl adjacent to an activating group) is 1. The van der Waals surface area contributed by atoms with Gasteiger partial charge < -0.3 is 10.1 Å². The molecule has 1 aromatic rings. The second kappa shape index (κ2) is 5.93. The van der Waals surface area contributed by atoms with Gasteiger partial charge in [-0.15, -0.1) is 0 Å². The summed E-state index contributed by atoms with van der Waals surface area (Å²) in [6, 6.07) is 8.61. The quantitative estimate of drug-likeness (QED) is 0.883. The normalized spacial score (nSPS) is 20.4. The van der Waals surface area contributed by atoms with Gasteiger partial charge in [-0.25, -0.2) is 0 Å². The predicted octanol–water partition coefficient (Wildman–Crippen LogP) is 2.83. The maximum absolute atomic E-state index is 5.49. The molecule has 1 saturated heterocycles. The van der Waals surface area contributed by atoms with Crippen LogP contribution in [0.4, 0.5) is 0 Å². The minimum atomic E-state index is 0.313. The first-order valence-electron chi connectivity index (χ1n) is 7.13. The molecule has 2 rings (SSSR count). The largest absolute Gasteiger partial charge is 0.496 e. The number of hydrogen-bond acceptors (Lipinski definition) is 3. The van der Waals surface area contributed by atoms with Gasteiger partial charge in [-0.1, -0.05) is 18.2 Å². The number of para-hydroxylation sites is 1. The van der Waals surface area contributed by atoms with Gasteiger partial charge in [-0.2, -0.15) is 0 Å². The van der Waals surface area contributed by atoms with Crippen molar-refractivity contribution < 1.29 is 4.74 Å². The van der Waals surface area contributed by atoms with Crippen LogP contribution in [0.3, 0.4) is 0 Å². The van der Waals surface area contributed by atoms with Gasteiger partial charge in [-0.3, -0.25) is 4.90 Å². The van der Waals surface area contributed by atoms with Crippen molar-refractivity contribution in [3.05, 3.63) is 29.8 Å². The number of likely N-dealkylation sites (tertiary alicyclic amines) is 1. The van der Waals surface area contributed by atoms with Crippen LogP contribution in [0, 0.1) is 0 Å². The third kappa shape index (κ3) is 3.10. The third-order valence-corrected chi connectivity index (χ3v) is 4.34. The standard InChI is InChI=1S/C16H26N2O/c1-16(2)10-7-11-18(16)12-14(17-3)13-8-5-6-9-15(13)19-4/h5-6,8-9,14,17H,7,10-12H2,1-4H3. The van der Waals surface area contributed by atoms with Crippen molar-refractivity contribution in [3.8, 4) is 5.75 Å². The van der Waals surface area contributed by atoms with Crippen molar-refractivity contribution in [2.45, 2.75) is 38.3 Å². The summed E-state index contributed by atoms with van der Waals surface area (Å²) in [6.07, 6.45) is 2.59. The van der Waals surface area contributed by atoms with Gasteiger partial charge in [0.2, 0.25) is 0 Å². The summed E-state index contributed by atoms with van der Waals surface area (Å²) in [5.41, 5.74) is 1.56. The van der Waals surface area contributed by atoms with E-state index in [4.69, 9.17) is 4.74 Å². The monoisotopic (exact) mass is 262 g/mol. The summed E-state index contributed by atoms with van der Waals surface area (Å²) >= 11 is 0. The van der Waals surface area contributed by atoms with Gasteiger partial charge in [0.15, 0.2) is 0 Å². The Morgan fingerprint density at radius 3 is 2.68 bits per heavy atom. The molecule has 1 N–H and O–H groups in total. The minimum absolute atomic E-state index is 0.313. The van der Waals surface area contributed by atoms with Crippen LogP contribution in [-0.2, 0) is 0 Å². The Morgan fingerprint density at radius 1 is 1.37 bits per heavy atom. The third-order valence-electron chi connectivity index (χ3n) is 4.34. The van der Waals surface area contributed by atoms with Gasteiger partial charge >= 0.3 is 0 Å². The molecule has 106 valence electrons. The molecule has 1 unspecified atom stereocenters. The zero-order valence-corrected chi connectivity index (χ0v) is 12.6. The van der Waals surface area contributed by atoms with Crippen LogP contribution in [0.2, 0.25) is 0 Å². The van der Waals surface area contributed by atoms with Gasteiger partial charge in [0.25, 0.3) is 0 Å². The molecule has 0 amide bonds. The lowest BCUT2D eigenvalue weighted by Gasteiger charge is -2.35. The second-order valence-corrected chi connectivity index (χ2v) is 5.95. The highest BCUT2D eigenvalue weighted by molar-refractivity contribution is 5.36. The topological polar surface area (TPSA) is 24.5 Å². The van der Waals surface area contributed by atoms with Crippen LogP contribution in [0.15, 0.2) is 24.3 Å². The average Bonchev–Trinajstić information content (AvgIpc) is 2.75. The Kier molecular flexibility index (Phi) is 4.48. The molecule has 3 nitrogen and oxygen atoms in total. The van der Waals surface area contributed by atoms with E-state index in [0.717, 1.165) is 12.3 Å². The van der Waals surface area contributed by atoms with Crippen molar-refractivity contribution in [2.75, 3.05) is 27.2 Å². The van der Waals surface area contributed by atoms with E-state index in [0.29, 0.717) is 11.6 Å². The summed E-state index contributed by atoms with van der Waals surface area (Å²) in [5.74, 6) is 0.971. The Balaban J connectivity index is 2.16. The molecule has 0 spiro atoms. The van der Waals surface area contributed by atoms with Crippen LogP contribution in [0.5, 0.6) is 5.75 Å². The first-order valence-corrected chi connectivity index (χ1v) is 7.13. The lowest BCUT2D eigenvalue weighted by molar-refractivity contribution is 0.157. The first-order chi connectivity index (χ1) is 9.08. The van der Waals surface area contributed by atoms with Crippen LogP contribution < -0.4 is 10.1 Å². The molecule has 0 saturated carbocycles. The number of hydrogen-bond donors (Lipinski definition) is 1. The molecule has 0 aliphatic carbocycles. The fourth-order valence-electron chi connectivity index (χ4n) is 3.02. The highest BCUT2D eigenvalue weighted by atomic mass is 16.5. The summed E-state index contributed by atoms with van der Waals surface area (Å²) in [5, 5.41) is 3.44. The van der Waals surface area contributed by atoms with Gasteiger partial charge in [0, 0.05) is 23.7 Å². The van der Waals surface area contributed by atoms with E-state index in [-0.39, 0.29) is 0 Å². The molecule has 0 aromatic heterocycles. The van der Waals surface area contributed by atoms with Crippen molar-refractivity contribution in [3.63, 3.8) is 0 Å². The maximum atomic E-state index is 5.49. The Labute approximate surface area is 116 Å². The second-order valence-electron chi connectivity index (χ2n) is 5.95. The molecule has 1 heterocycles. The van der Waals surface area contributed by atoms with Gasteiger partial charge in [0.05, 0.1) is 7.11 Å². The molecular weight excluding hydrogens is 236 g/mol. The molecule has 3 heteroatoms. The Hall–Kier alpha value is -1.06. The number of nitrogens with zero attached hydrogens (tertiary/aromatic N) is 1. The molecule has 1 fully saturated rings. The molecule has 0 radical (unpaired) electrons. The van der Waals surface area contributed by atoms with E-state index in [9.17, 15) is 0 Å². The van der Waals surface area contributed by atoms with Crippen molar-refractivity contribution in [1.82, 2.24) is 10.2 Å². The van der Waals surface area contributed by atoms with Gasteiger partial charge in [-0.05, 0) is 46.3 Å². The van der Waals surface area contributed by atoms with E-state index >= 15 is 0 Å². The Bertz CT molecular complexity index is 417. The zero-order valence-electron chi connectivity index (χ0n) is 12.6. The summed E-state index contributed by atoms with van der Waals surface area (Å²) < 4.78 is 5.49. The predicted molar refractivity (Wildman–Crippen MR) is 79.7 cm³/mol. The van der Waals surface area contributed by atoms with Crippen molar-refractivity contribution in [1.29, 1.82) is 0 Å². The van der Waals surface area contributed by atoms with E-state index < -0.39 is 0 Å². The van der Waals surface area contributed by atoms with Crippen LogP contribution in [0.25, 0.3) is 0 Å². The lowest BCUT2D eigenvalue weighted by Crippen LogP contribution is -2.43. The number of nitrogens with one attached hydrogen (secondary N) is 1. The molecule has 0 bridgehead atoms. The molecular formula is C16H26N2O. The minimum Gasteiger partial charge on any atom is -0.496 e. The number of ether oxygens (including phenoxy) is 1. The number of benzene rings is 1. The number of methoxy groups -OCH3 is 1. The van der Waals surface area contributed by atoms with Crippen LogP contribution >= 0.6 is 0 Å². The summed E-state index contributed by atoms with van der Waals surface area (Å²) in [7, 11) is 3.77. The SMILES string of the molecule is CNC(CN1CCCC1(C)C)c1ccccc1OC. The first kappa shape index (κ1) is 14.4. The molecule has 19 heavy (non-hydrogen) atoms. The molecule has 1 aliphatic rings. The highest BCUT2D eigenvalue weighted by Gasteiger charge is 2.33. The molecule has 1 atom stereocenters. The average molecular weight is 262 g/mol. The Morgan fingerprint density at radius 2 is 2.11 bits per heavy atom. The van der Waals surface area contributed by atoms with E-state index in [1.165, 1.54) is 24.9 Å². The maximum Gasteiger partial charge on any atom is 0.123 e. The summed E-state index contributed by atoms with van der Waals surface area (Å²) in [6.45, 7) is 6.91. The van der Waals surface area contributed by atoms with Crippen LogP contribution in [0.1, 0.15) is 38.3 Å². The van der Waals surface area contributed by atoms with E-state index in [1.54, 1.807) is 7.11 Å². The van der Waals surface area contributed by atoms with Gasteiger partial charge in [0.1, 0.15) is 5.75 Å².